The Morgan fingerprint density at radius 1 is 1.12 bits per heavy atom. The number of carbonyl (C=O) groups is 5. The first-order chi connectivity index (χ1) is 16.0. The Morgan fingerprint density at radius 2 is 1.76 bits per heavy atom. The SMILES string of the molecule is CSCCC(N)C(=O)NC(Cc1cnc[nH]1)C(=O)NC(C(=O)NC(CC(N)=O)C(=O)O)C(C)O. The standard InChI is InChI=1S/C19H31N7O7S/c1-9(27)15(18(31)25-13(19(32)33)6-14(21)28)26-17(30)12(5-10-7-22-8-23-10)24-16(29)11(20)3-4-34-2/h7-9,11-13,15,27H,3-6,20H2,1-2H3,(H2,21,28)(H,22,23)(H,24,29)(H,25,31)(H,26,30)(H,32,33). The summed E-state index contributed by atoms with van der Waals surface area (Å²) < 4.78 is 0. The van der Waals surface area contributed by atoms with Gasteiger partial charge in [-0.15, -0.1) is 0 Å². The van der Waals surface area contributed by atoms with Crippen LogP contribution in [-0.2, 0) is 30.4 Å². The smallest absolute Gasteiger partial charge is 0.326 e. The molecule has 0 bridgehead atoms. The zero-order valence-corrected chi connectivity index (χ0v) is 19.6. The van der Waals surface area contributed by atoms with Crippen LogP contribution in [0.4, 0.5) is 0 Å². The highest BCUT2D eigenvalue weighted by molar-refractivity contribution is 7.98. The Bertz CT molecular complexity index is 850. The molecule has 0 radical (unpaired) electrons. The average Bonchev–Trinajstić information content (AvgIpc) is 3.26. The monoisotopic (exact) mass is 501 g/mol. The van der Waals surface area contributed by atoms with E-state index in [9.17, 15) is 34.2 Å². The van der Waals surface area contributed by atoms with E-state index in [1.54, 1.807) is 0 Å². The van der Waals surface area contributed by atoms with Gasteiger partial charge in [-0.25, -0.2) is 9.78 Å². The van der Waals surface area contributed by atoms with Crippen LogP contribution in [0.5, 0.6) is 0 Å². The maximum absolute atomic E-state index is 13.0. The van der Waals surface area contributed by atoms with Crippen molar-refractivity contribution in [1.29, 1.82) is 0 Å². The van der Waals surface area contributed by atoms with Gasteiger partial charge in [0.1, 0.15) is 18.1 Å². The molecule has 0 fully saturated rings. The fourth-order valence-electron chi connectivity index (χ4n) is 2.80. The second kappa shape index (κ2) is 14.2. The molecule has 0 aromatic carbocycles. The third-order valence-electron chi connectivity index (χ3n) is 4.66. The number of aromatic nitrogens is 2. The number of nitrogens with zero attached hydrogens (tertiary/aromatic N) is 1. The van der Waals surface area contributed by atoms with E-state index in [4.69, 9.17) is 11.5 Å². The van der Waals surface area contributed by atoms with Crippen molar-refractivity contribution >= 4 is 41.4 Å². The molecule has 1 aromatic rings. The van der Waals surface area contributed by atoms with Gasteiger partial charge in [-0.3, -0.25) is 19.2 Å². The Labute approximate surface area is 200 Å². The molecule has 1 heterocycles. The number of hydrogen-bond donors (Lipinski definition) is 8. The second-order valence-corrected chi connectivity index (χ2v) is 8.51. The van der Waals surface area contributed by atoms with Crippen LogP contribution in [-0.4, -0.2) is 92.1 Å². The third-order valence-corrected chi connectivity index (χ3v) is 5.31. The number of amides is 4. The number of carboxylic acids is 1. The van der Waals surface area contributed by atoms with Gasteiger partial charge in [0.05, 0.1) is 24.9 Å². The van der Waals surface area contributed by atoms with E-state index < -0.39 is 66.3 Å². The van der Waals surface area contributed by atoms with Crippen molar-refractivity contribution < 1.29 is 34.2 Å². The molecule has 190 valence electrons. The number of nitrogens with one attached hydrogen (secondary N) is 4. The maximum Gasteiger partial charge on any atom is 0.326 e. The minimum atomic E-state index is -1.65. The number of thioether (sulfide) groups is 1. The molecule has 0 aliphatic rings. The molecule has 15 heteroatoms. The molecule has 0 spiro atoms. The number of aliphatic carboxylic acids is 1. The fraction of sp³-hybridized carbons (Fsp3) is 0.579. The quantitative estimate of drug-likeness (QED) is 0.120. The van der Waals surface area contributed by atoms with Crippen molar-refractivity contribution in [3.8, 4) is 0 Å². The van der Waals surface area contributed by atoms with Gasteiger partial charge in [-0.1, -0.05) is 0 Å². The van der Waals surface area contributed by atoms with Gasteiger partial charge >= 0.3 is 5.97 Å². The lowest BCUT2D eigenvalue weighted by Gasteiger charge is -2.26. The van der Waals surface area contributed by atoms with Gasteiger partial charge in [-0.05, 0) is 25.4 Å². The van der Waals surface area contributed by atoms with Gasteiger partial charge in [0.25, 0.3) is 0 Å². The van der Waals surface area contributed by atoms with Crippen LogP contribution in [0.15, 0.2) is 12.5 Å². The first-order valence-corrected chi connectivity index (χ1v) is 11.7. The molecule has 0 aliphatic heterocycles. The minimum Gasteiger partial charge on any atom is -0.480 e. The summed E-state index contributed by atoms with van der Waals surface area (Å²) in [6.07, 6.45) is 2.90. The number of primary amides is 1. The fourth-order valence-corrected chi connectivity index (χ4v) is 3.29. The molecule has 0 aliphatic carbocycles. The van der Waals surface area contributed by atoms with Crippen LogP contribution in [0.25, 0.3) is 0 Å². The molecule has 1 rings (SSSR count). The molecule has 14 nitrogen and oxygen atoms in total. The van der Waals surface area contributed by atoms with E-state index in [1.165, 1.54) is 31.2 Å². The number of aliphatic hydroxyl groups excluding tert-OH is 1. The number of H-pyrrole nitrogens is 1. The van der Waals surface area contributed by atoms with Crippen molar-refractivity contribution in [3.63, 3.8) is 0 Å². The van der Waals surface area contributed by atoms with Crippen molar-refractivity contribution in [2.75, 3.05) is 12.0 Å². The Kier molecular flexibility index (Phi) is 12.0. The van der Waals surface area contributed by atoms with Gasteiger partial charge < -0.3 is 42.6 Å². The lowest BCUT2D eigenvalue weighted by Crippen LogP contribution is -2.60. The molecule has 10 N–H and O–H groups in total. The number of aliphatic hydroxyl groups is 1. The normalized spacial score (nSPS) is 15.3. The maximum atomic E-state index is 13.0. The summed E-state index contributed by atoms with van der Waals surface area (Å²) in [7, 11) is 0. The average molecular weight is 502 g/mol. The molecular weight excluding hydrogens is 470 g/mol. The predicted molar refractivity (Wildman–Crippen MR) is 122 cm³/mol. The van der Waals surface area contributed by atoms with Crippen LogP contribution in [0.3, 0.4) is 0 Å². The van der Waals surface area contributed by atoms with E-state index in [1.807, 2.05) is 6.26 Å². The number of carbonyl (C=O) groups excluding carboxylic acids is 4. The summed E-state index contributed by atoms with van der Waals surface area (Å²) in [6, 6.07) is -5.31. The van der Waals surface area contributed by atoms with E-state index >= 15 is 0 Å². The number of aromatic amines is 1. The second-order valence-electron chi connectivity index (χ2n) is 7.53. The summed E-state index contributed by atoms with van der Waals surface area (Å²) >= 11 is 1.51. The first-order valence-electron chi connectivity index (χ1n) is 10.3. The van der Waals surface area contributed by atoms with Gasteiger partial charge in [0, 0.05) is 18.3 Å². The molecule has 0 saturated heterocycles. The Morgan fingerprint density at radius 3 is 2.26 bits per heavy atom. The summed E-state index contributed by atoms with van der Waals surface area (Å²) in [4.78, 5) is 67.0. The minimum absolute atomic E-state index is 0.0274. The van der Waals surface area contributed by atoms with Crippen LogP contribution in [0.2, 0.25) is 0 Å². The zero-order chi connectivity index (χ0) is 25.8. The van der Waals surface area contributed by atoms with E-state index in [-0.39, 0.29) is 6.42 Å². The number of hydrogen-bond acceptors (Lipinski definition) is 9. The summed E-state index contributed by atoms with van der Waals surface area (Å²) in [6.45, 7) is 1.20. The third kappa shape index (κ3) is 9.76. The predicted octanol–water partition coefficient (Wildman–Crippen LogP) is -3.17. The van der Waals surface area contributed by atoms with Crippen molar-refractivity contribution in [3.05, 3.63) is 18.2 Å². The molecular formula is C19H31N7O7S. The van der Waals surface area contributed by atoms with E-state index in [0.29, 0.717) is 17.9 Å². The number of imidazole rings is 1. The Balaban J connectivity index is 3.00. The van der Waals surface area contributed by atoms with Crippen LogP contribution in [0, 0.1) is 0 Å². The molecule has 0 saturated carbocycles. The van der Waals surface area contributed by atoms with E-state index in [2.05, 4.69) is 25.9 Å². The molecule has 5 unspecified atom stereocenters. The topological polar surface area (TPSA) is 243 Å². The first kappa shape index (κ1) is 28.9. The lowest BCUT2D eigenvalue weighted by molar-refractivity contribution is -0.144. The molecule has 34 heavy (non-hydrogen) atoms. The van der Waals surface area contributed by atoms with Gasteiger partial charge in [0.15, 0.2) is 0 Å². The van der Waals surface area contributed by atoms with E-state index in [0.717, 1.165) is 0 Å². The number of carboxylic acid groups (broad SMARTS) is 1. The van der Waals surface area contributed by atoms with Crippen molar-refractivity contribution in [2.45, 2.75) is 56.5 Å². The van der Waals surface area contributed by atoms with Gasteiger partial charge in [-0.2, -0.15) is 11.8 Å². The summed E-state index contributed by atoms with van der Waals surface area (Å²) in [5.41, 5.74) is 11.4. The number of nitrogens with two attached hydrogens (primary N) is 2. The molecule has 4 amide bonds. The highest BCUT2D eigenvalue weighted by Crippen LogP contribution is 2.05. The summed E-state index contributed by atoms with van der Waals surface area (Å²) in [5.74, 6) is -4.33. The molecule has 1 aromatic heterocycles. The van der Waals surface area contributed by atoms with Crippen molar-refractivity contribution in [1.82, 2.24) is 25.9 Å². The van der Waals surface area contributed by atoms with Crippen LogP contribution < -0.4 is 27.4 Å². The Hall–Kier alpha value is -3.17. The molecule has 5 atom stereocenters. The van der Waals surface area contributed by atoms with Gasteiger partial charge in [0.2, 0.25) is 23.6 Å². The lowest BCUT2D eigenvalue weighted by atomic mass is 10.1. The highest BCUT2D eigenvalue weighted by Gasteiger charge is 2.33. The highest BCUT2D eigenvalue weighted by atomic mass is 32.2. The van der Waals surface area contributed by atoms with Crippen molar-refractivity contribution in [2.24, 2.45) is 11.5 Å². The summed E-state index contributed by atoms with van der Waals surface area (Å²) in [5, 5.41) is 26.1. The largest absolute Gasteiger partial charge is 0.480 e. The number of rotatable bonds is 15. The van der Waals surface area contributed by atoms with Crippen LogP contribution >= 0.6 is 11.8 Å². The zero-order valence-electron chi connectivity index (χ0n) is 18.8. The van der Waals surface area contributed by atoms with Crippen LogP contribution in [0.1, 0.15) is 25.5 Å².